The van der Waals surface area contributed by atoms with Crippen LogP contribution in [-0.2, 0) is 11.3 Å². The van der Waals surface area contributed by atoms with Gasteiger partial charge in [0, 0.05) is 6.54 Å². The number of nitrogens with one attached hydrogen (secondary N) is 1. The van der Waals surface area contributed by atoms with E-state index in [9.17, 15) is 4.79 Å². The number of carbonyl (C=O) groups excluding carboxylic acids is 1. The molecule has 1 N–H and O–H groups in total. The third kappa shape index (κ3) is 5.05. The standard InChI is InChI=1S/C17H18Cl2N2O2/c1-2-11-21(20-16-14(18)9-6-10-15(16)19)17(22)23-12-13-7-4-3-5-8-13/h3-10,20H,2,11-12H2,1H3. The summed E-state index contributed by atoms with van der Waals surface area (Å²) in [6.07, 6.45) is 0.280. The van der Waals surface area contributed by atoms with E-state index in [2.05, 4.69) is 5.43 Å². The molecule has 2 aromatic rings. The maximum Gasteiger partial charge on any atom is 0.428 e. The molecule has 0 heterocycles. The molecule has 0 aromatic heterocycles. The molecule has 0 spiro atoms. The summed E-state index contributed by atoms with van der Waals surface area (Å²) in [6, 6.07) is 14.7. The molecule has 0 saturated carbocycles. The molecular formula is C17H18Cl2N2O2. The van der Waals surface area contributed by atoms with Gasteiger partial charge in [0.15, 0.2) is 0 Å². The molecular weight excluding hydrogens is 335 g/mol. The van der Waals surface area contributed by atoms with Gasteiger partial charge in [-0.3, -0.25) is 5.43 Å². The highest BCUT2D eigenvalue weighted by Crippen LogP contribution is 2.30. The van der Waals surface area contributed by atoms with Crippen LogP contribution in [0.2, 0.25) is 10.0 Å². The van der Waals surface area contributed by atoms with Crippen molar-refractivity contribution in [3.8, 4) is 0 Å². The smallest absolute Gasteiger partial charge is 0.428 e. The van der Waals surface area contributed by atoms with E-state index in [1.165, 1.54) is 5.01 Å². The Bertz CT molecular complexity index is 630. The quantitative estimate of drug-likeness (QED) is 0.710. The molecule has 0 atom stereocenters. The number of hydrogen-bond acceptors (Lipinski definition) is 3. The topological polar surface area (TPSA) is 41.6 Å². The van der Waals surface area contributed by atoms with E-state index in [1.54, 1.807) is 18.2 Å². The van der Waals surface area contributed by atoms with E-state index in [-0.39, 0.29) is 6.61 Å². The molecule has 23 heavy (non-hydrogen) atoms. The molecule has 0 aliphatic rings. The predicted octanol–water partition coefficient (Wildman–Crippen LogP) is 5.37. The van der Waals surface area contributed by atoms with Gasteiger partial charge in [-0.1, -0.05) is 66.5 Å². The Balaban J connectivity index is 2.04. The van der Waals surface area contributed by atoms with Gasteiger partial charge in [0.05, 0.1) is 15.7 Å². The first-order chi connectivity index (χ1) is 11.1. The van der Waals surface area contributed by atoms with Gasteiger partial charge in [0.2, 0.25) is 0 Å². The SMILES string of the molecule is CCCN(Nc1c(Cl)cccc1Cl)C(=O)OCc1ccccc1. The van der Waals surface area contributed by atoms with Crippen LogP contribution in [0.15, 0.2) is 48.5 Å². The molecule has 6 heteroatoms. The van der Waals surface area contributed by atoms with Gasteiger partial charge < -0.3 is 4.74 Å². The molecule has 2 aromatic carbocycles. The van der Waals surface area contributed by atoms with Crippen molar-refractivity contribution in [2.45, 2.75) is 20.0 Å². The van der Waals surface area contributed by atoms with E-state index in [1.807, 2.05) is 37.3 Å². The Morgan fingerprint density at radius 3 is 2.35 bits per heavy atom. The van der Waals surface area contributed by atoms with Gasteiger partial charge in [-0.25, -0.2) is 9.80 Å². The first-order valence-corrected chi connectivity index (χ1v) is 8.06. The Labute approximate surface area is 145 Å². The van der Waals surface area contributed by atoms with Gasteiger partial charge in [-0.2, -0.15) is 0 Å². The van der Waals surface area contributed by atoms with Crippen LogP contribution in [0.1, 0.15) is 18.9 Å². The van der Waals surface area contributed by atoms with E-state index in [4.69, 9.17) is 27.9 Å². The second-order valence-corrected chi connectivity index (χ2v) is 5.71. The van der Waals surface area contributed by atoms with Crippen molar-refractivity contribution in [2.75, 3.05) is 12.0 Å². The first-order valence-electron chi connectivity index (χ1n) is 7.30. The van der Waals surface area contributed by atoms with Crippen LogP contribution in [0, 0.1) is 0 Å². The number of ether oxygens (including phenoxy) is 1. The molecule has 0 saturated heterocycles. The van der Waals surface area contributed by atoms with E-state index < -0.39 is 6.09 Å². The number of nitrogens with zero attached hydrogens (tertiary/aromatic N) is 1. The third-order valence-corrected chi connectivity index (χ3v) is 3.71. The Hall–Kier alpha value is -1.91. The molecule has 0 aliphatic carbocycles. The first kappa shape index (κ1) is 17.4. The second-order valence-electron chi connectivity index (χ2n) is 4.90. The zero-order valence-electron chi connectivity index (χ0n) is 12.8. The van der Waals surface area contributed by atoms with Crippen molar-refractivity contribution in [3.63, 3.8) is 0 Å². The van der Waals surface area contributed by atoms with Crippen molar-refractivity contribution in [1.82, 2.24) is 5.01 Å². The monoisotopic (exact) mass is 352 g/mol. The summed E-state index contributed by atoms with van der Waals surface area (Å²) in [6.45, 7) is 2.64. The molecule has 122 valence electrons. The lowest BCUT2D eigenvalue weighted by Gasteiger charge is -2.24. The van der Waals surface area contributed by atoms with Crippen LogP contribution in [0.4, 0.5) is 10.5 Å². The fourth-order valence-corrected chi connectivity index (χ4v) is 2.44. The van der Waals surface area contributed by atoms with E-state index in [0.29, 0.717) is 22.3 Å². The van der Waals surface area contributed by atoms with E-state index in [0.717, 1.165) is 12.0 Å². The van der Waals surface area contributed by atoms with E-state index >= 15 is 0 Å². The number of benzene rings is 2. The number of hydrogen-bond donors (Lipinski definition) is 1. The average Bonchev–Trinajstić information content (AvgIpc) is 2.56. The molecule has 0 aliphatic heterocycles. The van der Waals surface area contributed by atoms with Crippen LogP contribution in [-0.4, -0.2) is 17.6 Å². The number of amides is 1. The van der Waals surface area contributed by atoms with Crippen molar-refractivity contribution in [3.05, 3.63) is 64.1 Å². The van der Waals surface area contributed by atoms with Gasteiger partial charge in [0.25, 0.3) is 0 Å². The fraction of sp³-hybridized carbons (Fsp3) is 0.235. The summed E-state index contributed by atoms with van der Waals surface area (Å²) in [4.78, 5) is 12.3. The average molecular weight is 353 g/mol. The number of rotatable bonds is 6. The Morgan fingerprint density at radius 2 is 1.74 bits per heavy atom. The Kier molecular flexibility index (Phi) is 6.56. The largest absolute Gasteiger partial charge is 0.443 e. The van der Waals surface area contributed by atoms with Gasteiger partial charge in [-0.05, 0) is 24.1 Å². The van der Waals surface area contributed by atoms with Gasteiger partial charge in [-0.15, -0.1) is 0 Å². The van der Waals surface area contributed by atoms with Crippen molar-refractivity contribution >= 4 is 35.0 Å². The van der Waals surface area contributed by atoms with Crippen LogP contribution in [0.5, 0.6) is 0 Å². The lowest BCUT2D eigenvalue weighted by molar-refractivity contribution is 0.104. The molecule has 0 fully saturated rings. The van der Waals surface area contributed by atoms with Crippen LogP contribution in [0.3, 0.4) is 0 Å². The summed E-state index contributed by atoms with van der Waals surface area (Å²) < 4.78 is 5.33. The molecule has 4 nitrogen and oxygen atoms in total. The fourth-order valence-electron chi connectivity index (χ4n) is 1.95. The summed E-state index contributed by atoms with van der Waals surface area (Å²) >= 11 is 12.3. The number of hydrazine groups is 1. The number of para-hydroxylation sites is 1. The Morgan fingerprint density at radius 1 is 1.09 bits per heavy atom. The molecule has 0 radical (unpaired) electrons. The maximum absolute atomic E-state index is 12.3. The normalized spacial score (nSPS) is 10.2. The van der Waals surface area contributed by atoms with Crippen LogP contribution < -0.4 is 5.43 Å². The third-order valence-electron chi connectivity index (χ3n) is 3.08. The van der Waals surface area contributed by atoms with Crippen LogP contribution >= 0.6 is 23.2 Å². The summed E-state index contributed by atoms with van der Waals surface area (Å²) in [5.41, 5.74) is 4.36. The zero-order chi connectivity index (χ0) is 16.7. The summed E-state index contributed by atoms with van der Waals surface area (Å²) in [5, 5.41) is 2.25. The van der Waals surface area contributed by atoms with Crippen molar-refractivity contribution in [1.29, 1.82) is 0 Å². The van der Waals surface area contributed by atoms with Gasteiger partial charge in [0.1, 0.15) is 6.61 Å². The minimum Gasteiger partial charge on any atom is -0.443 e. The highest BCUT2D eigenvalue weighted by molar-refractivity contribution is 6.39. The summed E-state index contributed by atoms with van der Waals surface area (Å²) in [7, 11) is 0. The van der Waals surface area contributed by atoms with Gasteiger partial charge >= 0.3 is 6.09 Å². The number of carbonyl (C=O) groups is 1. The maximum atomic E-state index is 12.3. The minimum absolute atomic E-state index is 0.206. The zero-order valence-corrected chi connectivity index (χ0v) is 14.3. The summed E-state index contributed by atoms with van der Waals surface area (Å²) in [5.74, 6) is 0. The predicted molar refractivity (Wildman–Crippen MR) is 93.7 cm³/mol. The number of anilines is 1. The lowest BCUT2D eigenvalue weighted by Crippen LogP contribution is -2.37. The highest BCUT2D eigenvalue weighted by atomic mass is 35.5. The van der Waals surface area contributed by atoms with Crippen molar-refractivity contribution < 1.29 is 9.53 Å². The minimum atomic E-state index is -0.480. The highest BCUT2D eigenvalue weighted by Gasteiger charge is 2.17. The van der Waals surface area contributed by atoms with Crippen LogP contribution in [0.25, 0.3) is 0 Å². The number of halogens is 2. The second kappa shape index (κ2) is 8.65. The molecule has 1 amide bonds. The van der Waals surface area contributed by atoms with Crippen molar-refractivity contribution in [2.24, 2.45) is 0 Å². The molecule has 0 bridgehead atoms. The molecule has 2 rings (SSSR count). The lowest BCUT2D eigenvalue weighted by atomic mass is 10.2. The molecule has 0 unspecified atom stereocenters.